The summed E-state index contributed by atoms with van der Waals surface area (Å²) in [6, 6.07) is 14.8. The number of unbranched alkanes of at least 4 members (excludes halogenated alkanes) is 1. The van der Waals surface area contributed by atoms with Crippen LogP contribution in [0.5, 0.6) is 0 Å². The predicted molar refractivity (Wildman–Crippen MR) is 96.0 cm³/mol. The smallest absolute Gasteiger partial charge is 0.251 e. The zero-order chi connectivity index (χ0) is 17.4. The lowest BCUT2D eigenvalue weighted by molar-refractivity contribution is 0.0940. The van der Waals surface area contributed by atoms with Gasteiger partial charge in [-0.25, -0.2) is 0 Å². The molecule has 0 aromatic heterocycles. The maximum absolute atomic E-state index is 12.2. The second kappa shape index (κ2) is 8.87. The Hall–Kier alpha value is -2.62. The molecule has 0 saturated heterocycles. The largest absolute Gasteiger partial charge is 0.352 e. The number of hydrogen-bond donors (Lipinski definition) is 2. The van der Waals surface area contributed by atoms with Crippen molar-refractivity contribution >= 4 is 11.8 Å². The van der Waals surface area contributed by atoms with Crippen molar-refractivity contribution in [2.45, 2.75) is 33.2 Å². The van der Waals surface area contributed by atoms with Crippen molar-refractivity contribution in [3.05, 3.63) is 70.8 Å². The molecule has 2 aromatic carbocycles. The summed E-state index contributed by atoms with van der Waals surface area (Å²) in [7, 11) is 0. The molecule has 0 aliphatic heterocycles. The highest BCUT2D eigenvalue weighted by molar-refractivity contribution is 5.97. The van der Waals surface area contributed by atoms with Gasteiger partial charge in [-0.05, 0) is 43.2 Å². The summed E-state index contributed by atoms with van der Waals surface area (Å²) in [5, 5.41) is 5.75. The van der Waals surface area contributed by atoms with Crippen LogP contribution in [-0.2, 0) is 6.54 Å². The first-order valence-electron chi connectivity index (χ1n) is 8.32. The van der Waals surface area contributed by atoms with Crippen LogP contribution in [0.2, 0.25) is 0 Å². The van der Waals surface area contributed by atoms with Crippen molar-refractivity contribution in [3.8, 4) is 0 Å². The lowest BCUT2D eigenvalue weighted by atomic mass is 10.1. The minimum Gasteiger partial charge on any atom is -0.352 e. The van der Waals surface area contributed by atoms with Gasteiger partial charge in [-0.1, -0.05) is 43.2 Å². The quantitative estimate of drug-likeness (QED) is 0.766. The average molecular weight is 324 g/mol. The van der Waals surface area contributed by atoms with Gasteiger partial charge in [0.1, 0.15) is 0 Å². The van der Waals surface area contributed by atoms with Crippen LogP contribution in [-0.4, -0.2) is 18.4 Å². The maximum Gasteiger partial charge on any atom is 0.251 e. The Labute approximate surface area is 143 Å². The van der Waals surface area contributed by atoms with Crippen molar-refractivity contribution < 1.29 is 9.59 Å². The normalized spacial score (nSPS) is 10.2. The molecule has 0 aliphatic rings. The molecule has 2 amide bonds. The molecule has 4 heteroatoms. The van der Waals surface area contributed by atoms with Crippen LogP contribution >= 0.6 is 0 Å². The van der Waals surface area contributed by atoms with Crippen molar-refractivity contribution in [2.75, 3.05) is 6.54 Å². The van der Waals surface area contributed by atoms with Gasteiger partial charge in [0, 0.05) is 24.2 Å². The van der Waals surface area contributed by atoms with Gasteiger partial charge >= 0.3 is 0 Å². The molecule has 0 heterocycles. The van der Waals surface area contributed by atoms with E-state index in [-0.39, 0.29) is 11.8 Å². The van der Waals surface area contributed by atoms with Gasteiger partial charge in [0.25, 0.3) is 11.8 Å². The third kappa shape index (κ3) is 5.23. The highest BCUT2D eigenvalue weighted by atomic mass is 16.2. The number of amides is 2. The molecule has 2 aromatic rings. The van der Waals surface area contributed by atoms with Crippen molar-refractivity contribution in [1.82, 2.24) is 10.6 Å². The Morgan fingerprint density at radius 3 is 1.92 bits per heavy atom. The van der Waals surface area contributed by atoms with Crippen LogP contribution < -0.4 is 10.6 Å². The predicted octanol–water partition coefficient (Wildman–Crippen LogP) is 3.45. The summed E-state index contributed by atoms with van der Waals surface area (Å²) in [6.45, 7) is 5.27. The Bertz CT molecular complexity index is 676. The van der Waals surface area contributed by atoms with Gasteiger partial charge in [0.05, 0.1) is 0 Å². The Morgan fingerprint density at radius 2 is 1.38 bits per heavy atom. The van der Waals surface area contributed by atoms with Gasteiger partial charge < -0.3 is 10.6 Å². The topological polar surface area (TPSA) is 58.2 Å². The molecule has 126 valence electrons. The third-order valence-electron chi connectivity index (χ3n) is 3.80. The monoisotopic (exact) mass is 324 g/mol. The molecule has 0 unspecified atom stereocenters. The van der Waals surface area contributed by atoms with Crippen LogP contribution in [0.3, 0.4) is 0 Å². The molecule has 4 nitrogen and oxygen atoms in total. The van der Waals surface area contributed by atoms with Gasteiger partial charge in [-0.15, -0.1) is 0 Å². The summed E-state index contributed by atoms with van der Waals surface area (Å²) in [5.41, 5.74) is 3.37. The second-order valence-electron chi connectivity index (χ2n) is 5.86. The number of carbonyl (C=O) groups is 2. The van der Waals surface area contributed by atoms with Gasteiger partial charge in [-0.2, -0.15) is 0 Å². The fourth-order valence-electron chi connectivity index (χ4n) is 2.24. The van der Waals surface area contributed by atoms with Crippen LogP contribution in [0.4, 0.5) is 0 Å². The lowest BCUT2D eigenvalue weighted by Gasteiger charge is -2.07. The number of benzene rings is 2. The second-order valence-corrected chi connectivity index (χ2v) is 5.86. The van der Waals surface area contributed by atoms with Gasteiger partial charge in [0.15, 0.2) is 0 Å². The fraction of sp³-hybridized carbons (Fsp3) is 0.300. The first-order valence-corrected chi connectivity index (χ1v) is 8.32. The Morgan fingerprint density at radius 1 is 0.833 bits per heavy atom. The maximum atomic E-state index is 12.2. The Kier molecular flexibility index (Phi) is 6.55. The Balaban J connectivity index is 1.88. The van der Waals surface area contributed by atoms with Crippen LogP contribution in [0.15, 0.2) is 48.5 Å². The van der Waals surface area contributed by atoms with E-state index in [2.05, 4.69) is 17.6 Å². The summed E-state index contributed by atoms with van der Waals surface area (Å²) in [6.07, 6.45) is 2.01. The first kappa shape index (κ1) is 17.7. The molecule has 0 radical (unpaired) electrons. The van der Waals surface area contributed by atoms with Crippen LogP contribution in [0.1, 0.15) is 51.6 Å². The lowest BCUT2D eigenvalue weighted by Crippen LogP contribution is -2.25. The first-order chi connectivity index (χ1) is 11.6. The van der Waals surface area contributed by atoms with E-state index in [9.17, 15) is 9.59 Å². The molecule has 0 spiro atoms. The van der Waals surface area contributed by atoms with E-state index in [1.54, 1.807) is 24.3 Å². The number of rotatable bonds is 7. The van der Waals surface area contributed by atoms with Gasteiger partial charge in [-0.3, -0.25) is 9.59 Å². The van der Waals surface area contributed by atoms with Gasteiger partial charge in [0.2, 0.25) is 0 Å². The van der Waals surface area contributed by atoms with E-state index in [4.69, 9.17) is 0 Å². The van der Waals surface area contributed by atoms with E-state index in [1.165, 1.54) is 5.56 Å². The number of nitrogens with one attached hydrogen (secondary N) is 2. The van der Waals surface area contributed by atoms with E-state index in [1.807, 2.05) is 31.2 Å². The molecule has 2 N–H and O–H groups in total. The fourth-order valence-corrected chi connectivity index (χ4v) is 2.24. The van der Waals surface area contributed by atoms with E-state index < -0.39 is 0 Å². The molecular formula is C20H24N2O2. The molecule has 0 aliphatic carbocycles. The number of carbonyl (C=O) groups excluding carboxylic acids is 2. The highest BCUT2D eigenvalue weighted by Gasteiger charge is 2.08. The summed E-state index contributed by atoms with van der Waals surface area (Å²) >= 11 is 0. The van der Waals surface area contributed by atoms with Crippen LogP contribution in [0.25, 0.3) is 0 Å². The highest BCUT2D eigenvalue weighted by Crippen LogP contribution is 2.06. The van der Waals surface area contributed by atoms with Crippen LogP contribution in [0, 0.1) is 6.92 Å². The average Bonchev–Trinajstić information content (AvgIpc) is 2.61. The van der Waals surface area contributed by atoms with Crippen molar-refractivity contribution in [3.63, 3.8) is 0 Å². The summed E-state index contributed by atoms with van der Waals surface area (Å²) in [4.78, 5) is 24.1. The van der Waals surface area contributed by atoms with E-state index >= 15 is 0 Å². The summed E-state index contributed by atoms with van der Waals surface area (Å²) < 4.78 is 0. The zero-order valence-electron chi connectivity index (χ0n) is 14.3. The van der Waals surface area contributed by atoms with Crippen molar-refractivity contribution in [2.24, 2.45) is 0 Å². The number of aryl methyl sites for hydroxylation is 1. The SMILES string of the molecule is CCCCNC(=O)c1ccc(C(=O)NCc2ccc(C)cc2)cc1. The third-order valence-corrected chi connectivity index (χ3v) is 3.80. The molecule has 0 saturated carbocycles. The van der Waals surface area contributed by atoms with E-state index in [0.717, 1.165) is 18.4 Å². The molecule has 24 heavy (non-hydrogen) atoms. The molecule has 2 rings (SSSR count). The molecule has 0 atom stereocenters. The standard InChI is InChI=1S/C20H24N2O2/c1-3-4-13-21-19(23)17-9-11-18(12-10-17)20(24)22-14-16-7-5-15(2)6-8-16/h5-12H,3-4,13-14H2,1-2H3,(H,21,23)(H,22,24). The van der Waals surface area contributed by atoms with Crippen molar-refractivity contribution in [1.29, 1.82) is 0 Å². The zero-order valence-corrected chi connectivity index (χ0v) is 14.3. The summed E-state index contributed by atoms with van der Waals surface area (Å²) in [5.74, 6) is -0.247. The number of hydrogen-bond acceptors (Lipinski definition) is 2. The molecular weight excluding hydrogens is 300 g/mol. The molecule has 0 fully saturated rings. The van der Waals surface area contributed by atoms with E-state index in [0.29, 0.717) is 24.2 Å². The minimum absolute atomic E-state index is 0.102. The minimum atomic E-state index is -0.145. The molecule has 0 bridgehead atoms.